The monoisotopic (exact) mass is 301 g/mol. The molecule has 0 aliphatic carbocycles. The van der Waals surface area contributed by atoms with Crippen LogP contribution in [0.2, 0.25) is 0 Å². The average molecular weight is 301 g/mol. The van der Waals surface area contributed by atoms with Crippen molar-refractivity contribution in [2.45, 2.75) is 26.2 Å². The van der Waals surface area contributed by atoms with E-state index in [0.717, 1.165) is 0 Å². The Hall–Kier alpha value is -2.54. The molecule has 0 radical (unpaired) electrons. The van der Waals surface area contributed by atoms with Crippen molar-refractivity contribution in [1.82, 2.24) is 0 Å². The average Bonchev–Trinajstić information content (AvgIpc) is 2.57. The summed E-state index contributed by atoms with van der Waals surface area (Å²) in [5.41, 5.74) is 5.01. The summed E-state index contributed by atoms with van der Waals surface area (Å²) in [6.45, 7) is 6.75. The minimum Gasteiger partial charge on any atom is -0.310 e. The number of para-hydroxylation sites is 2. The summed E-state index contributed by atoms with van der Waals surface area (Å²) in [5.74, 6) is 0. The standard InChI is InChI=1S/C22H23N/c1-22(2,3)18-11-10-16-21(17-18)23(19-12-6-4-7-13-19)20-14-8-5-9-15-20/h4-17H,1-3H3. The molecule has 0 spiro atoms. The van der Waals surface area contributed by atoms with Crippen molar-refractivity contribution in [2.75, 3.05) is 4.90 Å². The molecule has 0 N–H and O–H groups in total. The van der Waals surface area contributed by atoms with Crippen LogP contribution in [0.1, 0.15) is 26.3 Å². The maximum atomic E-state index is 2.30. The van der Waals surface area contributed by atoms with Crippen LogP contribution in [0.15, 0.2) is 84.9 Å². The fourth-order valence-electron chi connectivity index (χ4n) is 2.71. The largest absolute Gasteiger partial charge is 0.310 e. The summed E-state index contributed by atoms with van der Waals surface area (Å²) in [6, 6.07) is 29.9. The molecule has 0 aliphatic rings. The second kappa shape index (κ2) is 6.29. The lowest BCUT2D eigenvalue weighted by Crippen LogP contribution is -2.14. The van der Waals surface area contributed by atoms with Crippen molar-refractivity contribution in [1.29, 1.82) is 0 Å². The molecule has 1 heteroatoms. The second-order valence-corrected chi connectivity index (χ2v) is 6.81. The van der Waals surface area contributed by atoms with Crippen molar-refractivity contribution in [3.8, 4) is 0 Å². The summed E-state index contributed by atoms with van der Waals surface area (Å²) < 4.78 is 0. The molecule has 0 saturated carbocycles. The van der Waals surface area contributed by atoms with Gasteiger partial charge in [-0.1, -0.05) is 69.3 Å². The molecule has 0 aromatic heterocycles. The van der Waals surface area contributed by atoms with Gasteiger partial charge in [0.25, 0.3) is 0 Å². The van der Waals surface area contributed by atoms with Crippen LogP contribution in [0.4, 0.5) is 17.1 Å². The number of benzene rings is 3. The molecular weight excluding hydrogens is 278 g/mol. The molecule has 3 aromatic carbocycles. The summed E-state index contributed by atoms with van der Waals surface area (Å²) in [7, 11) is 0. The van der Waals surface area contributed by atoms with Crippen molar-refractivity contribution in [2.24, 2.45) is 0 Å². The highest BCUT2D eigenvalue weighted by atomic mass is 15.1. The van der Waals surface area contributed by atoms with Gasteiger partial charge in [0.2, 0.25) is 0 Å². The van der Waals surface area contributed by atoms with E-state index in [-0.39, 0.29) is 5.41 Å². The molecule has 116 valence electrons. The van der Waals surface area contributed by atoms with Crippen molar-refractivity contribution in [3.05, 3.63) is 90.5 Å². The van der Waals surface area contributed by atoms with Crippen LogP contribution >= 0.6 is 0 Å². The molecule has 0 bridgehead atoms. The maximum absolute atomic E-state index is 2.30. The van der Waals surface area contributed by atoms with Crippen LogP contribution in [0.25, 0.3) is 0 Å². The van der Waals surface area contributed by atoms with E-state index in [1.807, 2.05) is 0 Å². The third kappa shape index (κ3) is 3.45. The normalized spacial score (nSPS) is 11.3. The molecule has 0 unspecified atom stereocenters. The van der Waals surface area contributed by atoms with Crippen molar-refractivity contribution >= 4 is 17.1 Å². The molecule has 0 amide bonds. The van der Waals surface area contributed by atoms with Gasteiger partial charge in [-0.15, -0.1) is 0 Å². The van der Waals surface area contributed by atoms with E-state index in [1.165, 1.54) is 22.6 Å². The van der Waals surface area contributed by atoms with E-state index in [4.69, 9.17) is 0 Å². The van der Waals surface area contributed by atoms with Gasteiger partial charge >= 0.3 is 0 Å². The molecule has 0 fully saturated rings. The van der Waals surface area contributed by atoms with E-state index < -0.39 is 0 Å². The van der Waals surface area contributed by atoms with E-state index in [0.29, 0.717) is 0 Å². The SMILES string of the molecule is CC(C)(C)c1cccc(N(c2ccccc2)c2ccccc2)c1. The highest BCUT2D eigenvalue weighted by molar-refractivity contribution is 5.76. The maximum Gasteiger partial charge on any atom is 0.0464 e. The van der Waals surface area contributed by atoms with Crippen molar-refractivity contribution < 1.29 is 0 Å². The van der Waals surface area contributed by atoms with Gasteiger partial charge in [-0.2, -0.15) is 0 Å². The minimum atomic E-state index is 0.134. The molecular formula is C22H23N. The quantitative estimate of drug-likeness (QED) is 0.537. The molecule has 0 aliphatic heterocycles. The van der Waals surface area contributed by atoms with Gasteiger partial charge in [0.05, 0.1) is 0 Å². The molecule has 23 heavy (non-hydrogen) atoms. The number of rotatable bonds is 3. The summed E-state index contributed by atoms with van der Waals surface area (Å²) in [4.78, 5) is 2.30. The van der Waals surface area contributed by atoms with E-state index in [1.54, 1.807) is 0 Å². The fourth-order valence-corrected chi connectivity index (χ4v) is 2.71. The van der Waals surface area contributed by atoms with Gasteiger partial charge in [0, 0.05) is 17.1 Å². The van der Waals surface area contributed by atoms with Crippen LogP contribution in [0.3, 0.4) is 0 Å². The Balaban J connectivity index is 2.14. The summed E-state index contributed by atoms with van der Waals surface area (Å²) >= 11 is 0. The molecule has 0 atom stereocenters. The predicted molar refractivity (Wildman–Crippen MR) is 99.8 cm³/mol. The first-order valence-electron chi connectivity index (χ1n) is 8.06. The molecule has 3 rings (SSSR count). The summed E-state index contributed by atoms with van der Waals surface area (Å²) in [6.07, 6.45) is 0. The lowest BCUT2D eigenvalue weighted by atomic mass is 9.87. The first-order chi connectivity index (χ1) is 11.1. The van der Waals surface area contributed by atoms with Crippen LogP contribution < -0.4 is 4.90 Å². The van der Waals surface area contributed by atoms with Gasteiger partial charge in [-0.25, -0.2) is 0 Å². The Kier molecular flexibility index (Phi) is 4.20. The zero-order chi connectivity index (χ0) is 16.3. The van der Waals surface area contributed by atoms with E-state index >= 15 is 0 Å². The molecule has 1 nitrogen and oxygen atoms in total. The summed E-state index contributed by atoms with van der Waals surface area (Å²) in [5, 5.41) is 0. The Labute approximate surface area is 139 Å². The topological polar surface area (TPSA) is 3.24 Å². The lowest BCUT2D eigenvalue weighted by molar-refractivity contribution is 0.590. The Morgan fingerprint density at radius 1 is 0.565 bits per heavy atom. The van der Waals surface area contributed by atoms with Gasteiger partial charge in [0.1, 0.15) is 0 Å². The van der Waals surface area contributed by atoms with Gasteiger partial charge in [-0.05, 0) is 47.4 Å². The molecule has 0 saturated heterocycles. The number of hydrogen-bond acceptors (Lipinski definition) is 1. The van der Waals surface area contributed by atoms with Gasteiger partial charge in [-0.3, -0.25) is 0 Å². The van der Waals surface area contributed by atoms with Crippen LogP contribution in [-0.4, -0.2) is 0 Å². The number of nitrogens with zero attached hydrogens (tertiary/aromatic N) is 1. The Morgan fingerprint density at radius 2 is 1.04 bits per heavy atom. The Morgan fingerprint density at radius 3 is 1.52 bits per heavy atom. The number of hydrogen-bond donors (Lipinski definition) is 0. The zero-order valence-electron chi connectivity index (χ0n) is 14.0. The van der Waals surface area contributed by atoms with Crippen LogP contribution in [0, 0.1) is 0 Å². The third-order valence-corrected chi connectivity index (χ3v) is 4.00. The van der Waals surface area contributed by atoms with Gasteiger partial charge < -0.3 is 4.90 Å². The predicted octanol–water partition coefficient (Wildman–Crippen LogP) is 6.45. The highest BCUT2D eigenvalue weighted by Crippen LogP contribution is 2.36. The van der Waals surface area contributed by atoms with Crippen LogP contribution in [0.5, 0.6) is 0 Å². The van der Waals surface area contributed by atoms with E-state index in [2.05, 4.69) is 111 Å². The molecule has 0 heterocycles. The fraction of sp³-hybridized carbons (Fsp3) is 0.182. The first kappa shape index (κ1) is 15.4. The first-order valence-corrected chi connectivity index (χ1v) is 8.06. The third-order valence-electron chi connectivity index (χ3n) is 4.00. The minimum absolute atomic E-state index is 0.134. The second-order valence-electron chi connectivity index (χ2n) is 6.81. The Bertz CT molecular complexity index is 715. The van der Waals surface area contributed by atoms with Crippen molar-refractivity contribution in [3.63, 3.8) is 0 Å². The lowest BCUT2D eigenvalue weighted by Gasteiger charge is -2.27. The van der Waals surface area contributed by atoms with Gasteiger partial charge in [0.15, 0.2) is 0 Å². The zero-order valence-corrected chi connectivity index (χ0v) is 14.0. The molecule has 3 aromatic rings. The smallest absolute Gasteiger partial charge is 0.0464 e. The highest BCUT2D eigenvalue weighted by Gasteiger charge is 2.17. The van der Waals surface area contributed by atoms with E-state index in [9.17, 15) is 0 Å². The number of anilines is 3. The van der Waals surface area contributed by atoms with Crippen LogP contribution in [-0.2, 0) is 5.41 Å².